The predicted octanol–water partition coefficient (Wildman–Crippen LogP) is 1.52. The van der Waals surface area contributed by atoms with E-state index in [1.807, 2.05) is 0 Å². The molecule has 0 aliphatic carbocycles. The van der Waals surface area contributed by atoms with Gasteiger partial charge in [0.05, 0.1) is 0 Å². The van der Waals surface area contributed by atoms with Crippen LogP contribution in [0.15, 0.2) is 0 Å². The first kappa shape index (κ1) is 13.3. The van der Waals surface area contributed by atoms with Crippen LogP contribution in [0.2, 0.25) is 0 Å². The Morgan fingerprint density at radius 2 is 1.54 bits per heavy atom. The molecule has 2 nitrogen and oxygen atoms in total. The maximum absolute atomic E-state index is 11.4. The first-order valence-electron chi connectivity index (χ1n) is 5.05. The van der Waals surface area contributed by atoms with Crippen LogP contribution < -0.4 is 0 Å². The van der Waals surface area contributed by atoms with E-state index in [9.17, 15) is 4.79 Å². The monoisotopic (exact) mass is 294 g/mol. The van der Waals surface area contributed by atoms with E-state index in [-0.39, 0.29) is 34.8 Å². The molecule has 0 spiro atoms. The van der Waals surface area contributed by atoms with Crippen LogP contribution >= 0.6 is 0 Å². The number of hydrogen-bond acceptors (Lipinski definition) is 2. The normalized spacial score (nSPS) is 11.6. The Morgan fingerprint density at radius 1 is 1.15 bits per heavy atom. The number of rotatable bonds is 5. The molecule has 13 heavy (non-hydrogen) atoms. The van der Waals surface area contributed by atoms with Crippen molar-refractivity contribution in [2.45, 2.75) is 40.5 Å². The summed E-state index contributed by atoms with van der Waals surface area (Å²) in [4.78, 5) is 11.4. The molecule has 0 aromatic heterocycles. The molecule has 0 atom stereocenters. The first-order valence-corrected chi connectivity index (χ1v) is 7.38. The number of carbonyl (C=O) groups is 1. The second-order valence-electron chi connectivity index (χ2n) is 4.48. The zero-order valence-corrected chi connectivity index (χ0v) is 15.2. The quantitative estimate of drug-likeness (QED) is 0.718. The van der Waals surface area contributed by atoms with Gasteiger partial charge in [-0.3, -0.25) is 0 Å². The molecule has 0 rings (SSSR count). The first-order chi connectivity index (χ1) is 5.97. The van der Waals surface area contributed by atoms with Crippen LogP contribution in [0.5, 0.6) is 0 Å². The van der Waals surface area contributed by atoms with Gasteiger partial charge in [-0.15, -0.1) is 0 Å². The van der Waals surface area contributed by atoms with Crippen molar-refractivity contribution >= 4 is 28.9 Å². The molecule has 0 heterocycles. The summed E-state index contributed by atoms with van der Waals surface area (Å²) in [5.74, 6) is 1.34. The standard InChI is InChI=1S/C10H20O2.Sn.3H/c1-7(2)5-9(10(11)12)6-8(3)4;;;;/h7-9H,5-6H2,1-4H3,(H,11,12);;;;/q;+1;;;/p-1. The molecule has 0 aromatic carbocycles. The zero-order chi connectivity index (χ0) is 10.4. The zero-order valence-electron chi connectivity index (χ0n) is 9.46. The third-order valence-electron chi connectivity index (χ3n) is 2.05. The van der Waals surface area contributed by atoms with Gasteiger partial charge in [0, 0.05) is 0 Å². The van der Waals surface area contributed by atoms with Crippen molar-refractivity contribution in [1.29, 1.82) is 0 Å². The van der Waals surface area contributed by atoms with Gasteiger partial charge in [0.15, 0.2) is 0 Å². The van der Waals surface area contributed by atoms with Gasteiger partial charge < -0.3 is 0 Å². The van der Waals surface area contributed by atoms with Crippen molar-refractivity contribution in [3.8, 4) is 0 Å². The molecule has 3 heteroatoms. The summed E-state index contributed by atoms with van der Waals surface area (Å²) in [5, 5.41) is 0. The van der Waals surface area contributed by atoms with Crippen molar-refractivity contribution in [2.75, 3.05) is 0 Å². The Labute approximate surface area is 95.1 Å². The molecule has 0 aromatic rings. The van der Waals surface area contributed by atoms with Crippen molar-refractivity contribution in [2.24, 2.45) is 17.8 Å². The van der Waals surface area contributed by atoms with Crippen LogP contribution in [0, 0.1) is 17.8 Å². The van der Waals surface area contributed by atoms with E-state index in [4.69, 9.17) is 3.07 Å². The van der Waals surface area contributed by atoms with Gasteiger partial charge in [-0.1, -0.05) is 0 Å². The molecule has 0 N–H and O–H groups in total. The Hall–Kier alpha value is 0.269. The van der Waals surface area contributed by atoms with Crippen LogP contribution in [-0.4, -0.2) is 28.9 Å². The van der Waals surface area contributed by atoms with E-state index in [0.717, 1.165) is 12.8 Å². The molecule has 0 radical (unpaired) electrons. The molecule has 0 aliphatic heterocycles. The second kappa shape index (κ2) is 6.68. The second-order valence-corrected chi connectivity index (χ2v) is 5.64. The molecule has 0 saturated heterocycles. The fourth-order valence-corrected chi connectivity index (χ4v) is 2.54. The summed E-state index contributed by atoms with van der Waals surface area (Å²) in [7, 11) is 0. The van der Waals surface area contributed by atoms with E-state index in [1.54, 1.807) is 0 Å². The van der Waals surface area contributed by atoms with Gasteiger partial charge >= 0.3 is 95.1 Å². The summed E-state index contributed by atoms with van der Waals surface area (Å²) >= 11 is 0.0375. The summed E-state index contributed by atoms with van der Waals surface area (Å²) in [6, 6.07) is 0. The topological polar surface area (TPSA) is 26.3 Å². The molecule has 0 aliphatic rings. The third-order valence-corrected chi connectivity index (χ3v) is 3.19. The maximum atomic E-state index is 11.4. The molecule has 0 unspecified atom stereocenters. The van der Waals surface area contributed by atoms with Crippen molar-refractivity contribution in [1.82, 2.24) is 0 Å². The Kier molecular flexibility index (Phi) is 6.82. The Bertz CT molecular complexity index is 145. The van der Waals surface area contributed by atoms with E-state index in [0.29, 0.717) is 11.8 Å². The molecule has 0 fully saturated rings. The molecular formula is C10H22O2Sn. The third kappa shape index (κ3) is 6.35. The van der Waals surface area contributed by atoms with Crippen LogP contribution in [-0.2, 0) is 7.87 Å². The molecule has 0 amide bonds. The average Bonchev–Trinajstić information content (AvgIpc) is 2.00. The number of hydrogen-bond donors (Lipinski definition) is 0. The summed E-state index contributed by atoms with van der Waals surface area (Å²) < 4.78 is 4.99. The van der Waals surface area contributed by atoms with Gasteiger partial charge in [-0.25, -0.2) is 0 Å². The van der Waals surface area contributed by atoms with Gasteiger partial charge in [-0.2, -0.15) is 0 Å². The molecular weight excluding hydrogens is 271 g/mol. The predicted molar refractivity (Wildman–Crippen MR) is 58.4 cm³/mol. The fourth-order valence-electron chi connectivity index (χ4n) is 1.59. The van der Waals surface area contributed by atoms with Crippen LogP contribution in [0.4, 0.5) is 0 Å². The average molecular weight is 293 g/mol. The summed E-state index contributed by atoms with van der Waals surface area (Å²) in [6.45, 7) is 8.61. The van der Waals surface area contributed by atoms with Crippen molar-refractivity contribution in [3.05, 3.63) is 0 Å². The van der Waals surface area contributed by atoms with E-state index in [2.05, 4.69) is 27.7 Å². The molecule has 0 saturated carbocycles. The molecule has 0 bridgehead atoms. The minimum absolute atomic E-state index is 0.0375. The fraction of sp³-hybridized carbons (Fsp3) is 0.900. The van der Waals surface area contributed by atoms with Crippen molar-refractivity contribution < 1.29 is 7.87 Å². The van der Waals surface area contributed by atoms with E-state index in [1.165, 1.54) is 0 Å². The van der Waals surface area contributed by atoms with Crippen molar-refractivity contribution in [3.63, 3.8) is 0 Å². The molecule has 78 valence electrons. The van der Waals surface area contributed by atoms with Crippen LogP contribution in [0.25, 0.3) is 0 Å². The Balaban J connectivity index is 4.10. The summed E-state index contributed by atoms with van der Waals surface area (Å²) in [6.07, 6.45) is 1.94. The summed E-state index contributed by atoms with van der Waals surface area (Å²) in [5.41, 5.74) is 0. The van der Waals surface area contributed by atoms with E-state index < -0.39 is 0 Å². The van der Waals surface area contributed by atoms with Gasteiger partial charge in [0.1, 0.15) is 0 Å². The van der Waals surface area contributed by atoms with Crippen LogP contribution in [0.1, 0.15) is 40.5 Å². The van der Waals surface area contributed by atoms with Crippen LogP contribution in [0.3, 0.4) is 0 Å². The SMILES string of the molecule is CC(C)CC(CC(C)C)C(=O)[O][SnH3]. The van der Waals surface area contributed by atoms with Gasteiger partial charge in [0.2, 0.25) is 0 Å². The minimum atomic E-state index is 0.0375. The van der Waals surface area contributed by atoms with E-state index >= 15 is 0 Å². The Morgan fingerprint density at radius 3 is 1.77 bits per heavy atom. The number of carbonyl (C=O) groups excluding carboxylic acids is 1. The van der Waals surface area contributed by atoms with Gasteiger partial charge in [-0.05, 0) is 0 Å². The van der Waals surface area contributed by atoms with Gasteiger partial charge in [0.25, 0.3) is 0 Å².